The molecule has 2 bridgehead atoms. The van der Waals surface area contributed by atoms with Gasteiger partial charge in [-0.25, -0.2) is 0 Å². The molecule has 0 saturated heterocycles. The molecule has 0 heterocycles. The van der Waals surface area contributed by atoms with Gasteiger partial charge in [0, 0.05) is 18.5 Å². The molecule has 2 saturated carbocycles. The van der Waals surface area contributed by atoms with E-state index in [9.17, 15) is 18.0 Å². The largest absolute Gasteiger partial charge is 0.462 e. The summed E-state index contributed by atoms with van der Waals surface area (Å²) < 4.78 is 44.7. The number of hydrogen-bond acceptors (Lipinski definition) is 4. The summed E-state index contributed by atoms with van der Waals surface area (Å²) in [4.78, 5) is 13.0. The number of alkyl halides is 3. The van der Waals surface area contributed by atoms with Gasteiger partial charge in [0.15, 0.2) is 0 Å². The van der Waals surface area contributed by atoms with Crippen molar-refractivity contribution in [3.63, 3.8) is 0 Å². The third-order valence-corrected chi connectivity index (χ3v) is 6.87. The third kappa shape index (κ3) is 5.89. The molecule has 7 heteroatoms. The van der Waals surface area contributed by atoms with E-state index in [-0.39, 0.29) is 29.4 Å². The number of allylic oxidation sites excluding steroid dienone is 2. The van der Waals surface area contributed by atoms with Crippen molar-refractivity contribution in [1.82, 2.24) is 4.72 Å². The van der Waals surface area contributed by atoms with Crippen molar-refractivity contribution < 1.29 is 22.7 Å². The smallest absolute Gasteiger partial charge is 0.456 e. The zero-order valence-corrected chi connectivity index (χ0v) is 16.8. The lowest BCUT2D eigenvalue weighted by atomic mass is 9.63. The highest BCUT2D eigenvalue weighted by Gasteiger charge is 2.46. The Balaban J connectivity index is 1.40. The number of carbonyl (C=O) groups is 1. The molecule has 0 aromatic heterocycles. The van der Waals surface area contributed by atoms with E-state index < -0.39 is 5.51 Å². The van der Waals surface area contributed by atoms with Crippen LogP contribution in [0.3, 0.4) is 0 Å². The summed E-state index contributed by atoms with van der Waals surface area (Å²) in [6.07, 6.45) is 11.4. The number of fused-ring (bicyclic) bond motifs is 2. The summed E-state index contributed by atoms with van der Waals surface area (Å²) in [7, 11) is 0. The fraction of sp³-hybridized carbons (Fsp3) is 0.850. The van der Waals surface area contributed by atoms with Crippen LogP contribution in [0, 0.1) is 17.3 Å². The second-order valence-electron chi connectivity index (χ2n) is 8.60. The van der Waals surface area contributed by atoms with Gasteiger partial charge in [-0.3, -0.25) is 9.52 Å². The zero-order chi connectivity index (χ0) is 19.5. The van der Waals surface area contributed by atoms with Gasteiger partial charge in [0.1, 0.15) is 6.10 Å². The van der Waals surface area contributed by atoms with E-state index in [0.717, 1.165) is 64.2 Å². The summed E-state index contributed by atoms with van der Waals surface area (Å²) in [5.74, 6) is 0.851. The minimum absolute atomic E-state index is 0.00801. The second kappa shape index (κ2) is 8.76. The van der Waals surface area contributed by atoms with Crippen LogP contribution in [0.5, 0.6) is 0 Å². The van der Waals surface area contributed by atoms with Gasteiger partial charge in [0.2, 0.25) is 0 Å². The Bertz CT molecular complexity index is 558. The van der Waals surface area contributed by atoms with Gasteiger partial charge >= 0.3 is 11.5 Å². The van der Waals surface area contributed by atoms with Crippen LogP contribution < -0.4 is 4.72 Å². The van der Waals surface area contributed by atoms with Gasteiger partial charge < -0.3 is 4.74 Å². The van der Waals surface area contributed by atoms with Crippen molar-refractivity contribution in [3.8, 4) is 0 Å². The van der Waals surface area contributed by atoms with E-state index in [4.69, 9.17) is 4.74 Å². The molecule has 154 valence electrons. The molecule has 0 radical (unpaired) electrons. The minimum Gasteiger partial charge on any atom is -0.462 e. The maximum Gasteiger partial charge on any atom is 0.456 e. The van der Waals surface area contributed by atoms with Gasteiger partial charge in [-0.15, -0.1) is 0 Å². The lowest BCUT2D eigenvalue weighted by Gasteiger charge is -2.42. The Morgan fingerprint density at radius 1 is 1.33 bits per heavy atom. The predicted molar refractivity (Wildman–Crippen MR) is 101 cm³/mol. The van der Waals surface area contributed by atoms with Crippen molar-refractivity contribution >= 4 is 17.9 Å². The molecule has 3 rings (SSSR count). The molecule has 2 atom stereocenters. The molecule has 0 aromatic rings. The highest BCUT2D eigenvalue weighted by molar-refractivity contribution is 7.98. The Labute approximate surface area is 164 Å². The highest BCUT2D eigenvalue weighted by atomic mass is 32.2. The van der Waals surface area contributed by atoms with E-state index in [1.54, 1.807) is 0 Å². The van der Waals surface area contributed by atoms with Crippen LogP contribution in [0.2, 0.25) is 0 Å². The van der Waals surface area contributed by atoms with Crippen molar-refractivity contribution in [2.45, 2.75) is 82.7 Å². The maximum absolute atomic E-state index is 13.0. The summed E-state index contributed by atoms with van der Waals surface area (Å²) >= 11 is -0.169. The SMILES string of the molecule is CC1C=C2CCCC(C(=O)OC3CCC(CCNSC(F)(F)F)CC3)(C2)C1. The molecule has 0 amide bonds. The molecular formula is C20H30F3NO2S. The summed E-state index contributed by atoms with van der Waals surface area (Å²) in [5.41, 5.74) is -3.11. The fourth-order valence-corrected chi connectivity index (χ4v) is 5.51. The minimum atomic E-state index is -4.23. The van der Waals surface area contributed by atoms with Gasteiger partial charge in [-0.1, -0.05) is 18.6 Å². The number of esters is 1. The van der Waals surface area contributed by atoms with E-state index in [2.05, 4.69) is 17.7 Å². The van der Waals surface area contributed by atoms with E-state index >= 15 is 0 Å². The van der Waals surface area contributed by atoms with Crippen LogP contribution >= 0.6 is 11.9 Å². The number of rotatable bonds is 6. The lowest BCUT2D eigenvalue weighted by Crippen LogP contribution is -2.41. The molecule has 3 aliphatic rings. The zero-order valence-electron chi connectivity index (χ0n) is 15.9. The van der Waals surface area contributed by atoms with Crippen LogP contribution in [0.25, 0.3) is 0 Å². The molecule has 3 nitrogen and oxygen atoms in total. The molecule has 2 unspecified atom stereocenters. The second-order valence-corrected chi connectivity index (χ2v) is 9.55. The van der Waals surface area contributed by atoms with Crippen LogP contribution in [0.1, 0.15) is 71.1 Å². The van der Waals surface area contributed by atoms with Gasteiger partial charge in [0.05, 0.1) is 5.41 Å². The van der Waals surface area contributed by atoms with Crippen molar-refractivity contribution in [1.29, 1.82) is 0 Å². The first-order valence-corrected chi connectivity index (χ1v) is 11.0. The Morgan fingerprint density at radius 2 is 2.07 bits per heavy atom. The summed E-state index contributed by atoms with van der Waals surface area (Å²) in [6, 6.07) is 0. The monoisotopic (exact) mass is 405 g/mol. The number of nitrogens with one attached hydrogen (secondary N) is 1. The van der Waals surface area contributed by atoms with Crippen LogP contribution in [-0.2, 0) is 9.53 Å². The molecule has 0 aromatic carbocycles. The first-order chi connectivity index (χ1) is 12.8. The summed E-state index contributed by atoms with van der Waals surface area (Å²) in [5, 5.41) is 0. The van der Waals surface area contributed by atoms with E-state index in [1.807, 2.05) is 0 Å². The fourth-order valence-electron chi connectivity index (χ4n) is 5.13. The first-order valence-electron chi connectivity index (χ1n) is 10.1. The molecular weight excluding hydrogens is 375 g/mol. The third-order valence-electron chi connectivity index (χ3n) is 6.29. The maximum atomic E-state index is 13.0. The number of hydrogen-bond donors (Lipinski definition) is 1. The number of carbonyl (C=O) groups excluding carboxylic acids is 1. The van der Waals surface area contributed by atoms with Crippen molar-refractivity contribution in [2.75, 3.05) is 6.54 Å². The molecule has 3 aliphatic carbocycles. The normalized spacial score (nSPS) is 34.1. The molecule has 0 aliphatic heterocycles. The Hall–Kier alpha value is -0.690. The van der Waals surface area contributed by atoms with Crippen molar-refractivity contribution in [3.05, 3.63) is 11.6 Å². The standard InChI is InChI=1S/C20H30F3NO2S/c1-14-11-16-3-2-9-19(12-14,13-16)18(25)26-17-6-4-15(5-7-17)8-10-24-27-20(21,22)23/h11,14-15,17,24H,2-10,12-13H2,1H3. The molecule has 0 spiro atoms. The Morgan fingerprint density at radius 3 is 2.78 bits per heavy atom. The van der Waals surface area contributed by atoms with E-state index in [1.165, 1.54) is 5.57 Å². The number of halogens is 3. The average Bonchev–Trinajstić information content (AvgIpc) is 2.58. The van der Waals surface area contributed by atoms with Crippen LogP contribution in [0.4, 0.5) is 13.2 Å². The van der Waals surface area contributed by atoms with Crippen molar-refractivity contribution in [2.24, 2.45) is 17.3 Å². The Kier molecular flexibility index (Phi) is 6.83. The molecule has 1 N–H and O–H groups in total. The molecule has 2 fully saturated rings. The predicted octanol–water partition coefficient (Wildman–Crippen LogP) is 5.76. The number of ether oxygens (including phenoxy) is 1. The van der Waals surface area contributed by atoms with Crippen LogP contribution in [-0.4, -0.2) is 24.1 Å². The summed E-state index contributed by atoms with van der Waals surface area (Å²) in [6.45, 7) is 2.54. The van der Waals surface area contributed by atoms with Gasteiger partial charge in [-0.2, -0.15) is 13.2 Å². The topological polar surface area (TPSA) is 38.3 Å². The van der Waals surface area contributed by atoms with Crippen LogP contribution in [0.15, 0.2) is 11.6 Å². The molecule has 27 heavy (non-hydrogen) atoms. The average molecular weight is 406 g/mol. The quantitative estimate of drug-likeness (QED) is 0.264. The first kappa shape index (κ1) is 21.0. The van der Waals surface area contributed by atoms with Gasteiger partial charge in [-0.05, 0) is 76.0 Å². The van der Waals surface area contributed by atoms with Gasteiger partial charge in [0.25, 0.3) is 0 Å². The highest BCUT2D eigenvalue weighted by Crippen LogP contribution is 2.49. The lowest BCUT2D eigenvalue weighted by molar-refractivity contribution is -0.166. The van der Waals surface area contributed by atoms with E-state index in [0.29, 0.717) is 18.4 Å².